The summed E-state index contributed by atoms with van der Waals surface area (Å²) in [6.07, 6.45) is 10.4. The minimum Gasteiger partial charge on any atom is -0.508 e. The number of nitrogens with one attached hydrogen (secondary N) is 2. The molecule has 2 heterocycles. The molecule has 9 nitrogen and oxygen atoms in total. The number of esters is 1. The predicted octanol–water partition coefficient (Wildman–Crippen LogP) is 6.64. The first-order valence-corrected chi connectivity index (χ1v) is 16.1. The molecule has 0 saturated carbocycles. The largest absolute Gasteiger partial charge is 0.508 e. The third-order valence-electron chi connectivity index (χ3n) is 7.75. The van der Waals surface area contributed by atoms with Gasteiger partial charge in [-0.05, 0) is 43.2 Å². The summed E-state index contributed by atoms with van der Waals surface area (Å²) >= 11 is 1.11. The number of para-hydroxylation sites is 1. The third-order valence-corrected chi connectivity index (χ3v) is 8.18. The van der Waals surface area contributed by atoms with Crippen LogP contribution in [0.3, 0.4) is 0 Å². The van der Waals surface area contributed by atoms with Gasteiger partial charge in [0.25, 0.3) is 5.91 Å². The summed E-state index contributed by atoms with van der Waals surface area (Å²) in [7, 11) is 0. The van der Waals surface area contributed by atoms with Crippen LogP contribution in [0, 0.1) is 12.0 Å². The van der Waals surface area contributed by atoms with E-state index in [0.29, 0.717) is 52.4 Å². The van der Waals surface area contributed by atoms with Crippen molar-refractivity contribution in [1.29, 1.82) is 0 Å². The van der Waals surface area contributed by atoms with Crippen molar-refractivity contribution in [3.05, 3.63) is 82.9 Å². The second-order valence-electron chi connectivity index (χ2n) is 10.8. The average Bonchev–Trinajstić information content (AvgIpc) is 3.33. The van der Waals surface area contributed by atoms with Crippen molar-refractivity contribution < 1.29 is 29.0 Å². The fraction of sp³-hybridized carbons (Fsp3) is 0.314. The van der Waals surface area contributed by atoms with Gasteiger partial charge in [0.2, 0.25) is 0 Å². The summed E-state index contributed by atoms with van der Waals surface area (Å²) in [6.45, 7) is 0.593. The van der Waals surface area contributed by atoms with Crippen molar-refractivity contribution in [3.63, 3.8) is 0 Å². The molecular weight excluding hydrogens is 590 g/mol. The molecule has 5 rings (SSSR count). The van der Waals surface area contributed by atoms with E-state index in [1.807, 2.05) is 24.3 Å². The Morgan fingerprint density at radius 2 is 1.64 bits per heavy atom. The second-order valence-corrected chi connectivity index (χ2v) is 11.5. The molecule has 1 unspecified atom stereocenters. The molecule has 0 aromatic heterocycles. The number of hydrogen-bond acceptors (Lipinski definition) is 9. The number of benzene rings is 3. The summed E-state index contributed by atoms with van der Waals surface area (Å²) in [5.74, 6) is 2.69. The second kappa shape index (κ2) is 15.3. The Morgan fingerprint density at radius 1 is 0.911 bits per heavy atom. The predicted molar refractivity (Wildman–Crippen MR) is 174 cm³/mol. The van der Waals surface area contributed by atoms with E-state index < -0.39 is 11.6 Å². The molecule has 0 aliphatic carbocycles. The minimum absolute atomic E-state index is 0.0474. The van der Waals surface area contributed by atoms with Crippen molar-refractivity contribution >= 4 is 41.3 Å². The van der Waals surface area contributed by atoms with Gasteiger partial charge in [-0.15, -0.1) is 0 Å². The number of carbonyl (C=O) groups excluding carboxylic acids is 3. The normalized spacial score (nSPS) is 15.7. The van der Waals surface area contributed by atoms with Gasteiger partial charge in [0.05, 0.1) is 16.8 Å². The van der Waals surface area contributed by atoms with Crippen LogP contribution in [0.25, 0.3) is 0 Å². The molecule has 2 aliphatic heterocycles. The van der Waals surface area contributed by atoms with Crippen LogP contribution >= 0.6 is 11.9 Å². The first-order valence-electron chi connectivity index (χ1n) is 15.2. The van der Waals surface area contributed by atoms with E-state index in [4.69, 9.17) is 9.47 Å². The Hall–Kier alpha value is -4.75. The Bertz CT molecular complexity index is 1650. The lowest BCUT2D eigenvalue weighted by Crippen LogP contribution is -2.32. The zero-order chi connectivity index (χ0) is 31.5. The molecule has 45 heavy (non-hydrogen) atoms. The highest BCUT2D eigenvalue weighted by Crippen LogP contribution is 2.56. The molecule has 3 aromatic carbocycles. The summed E-state index contributed by atoms with van der Waals surface area (Å²) < 4.78 is 14.9. The lowest BCUT2D eigenvalue weighted by atomic mass is 9.77. The molecule has 1 spiro atoms. The average molecular weight is 626 g/mol. The molecule has 2 aliphatic rings. The summed E-state index contributed by atoms with van der Waals surface area (Å²) in [6, 6.07) is 20.1. The zero-order valence-corrected chi connectivity index (χ0v) is 25.7. The lowest BCUT2D eigenvalue weighted by molar-refractivity contribution is -0.115. The van der Waals surface area contributed by atoms with Crippen LogP contribution in [0.15, 0.2) is 65.7 Å². The summed E-state index contributed by atoms with van der Waals surface area (Å²) in [5.41, 5.74) is 3.25. The first-order chi connectivity index (χ1) is 22.0. The van der Waals surface area contributed by atoms with E-state index in [1.54, 1.807) is 30.3 Å². The van der Waals surface area contributed by atoms with Crippen LogP contribution in [0.5, 0.6) is 17.2 Å². The molecule has 0 fully saturated rings. The van der Waals surface area contributed by atoms with Crippen molar-refractivity contribution in [3.8, 4) is 29.2 Å². The molecule has 10 heteroatoms. The standard InChI is InChI=1S/C35H35N3O6S/c39-21-11-7-5-3-1-2-4-6-10-19-36-33(41)18-20-38-45-24-37-25-14-16-28-27(22-25)34(42)44-35(28)29-12-8-9-13-31(29)43-32-23-26(40)15-17-30(32)35/h8-9,12-17,21-24,38,40H,1-7,10-11,19H2,(H,36,41). The zero-order valence-electron chi connectivity index (χ0n) is 24.8. The Balaban J connectivity index is 1.10. The van der Waals surface area contributed by atoms with E-state index in [1.165, 1.54) is 30.9 Å². The quantitative estimate of drug-likeness (QED) is 0.0266. The number of nitrogens with zero attached hydrogens (tertiary/aromatic N) is 1. The smallest absolute Gasteiger partial charge is 0.340 e. The van der Waals surface area contributed by atoms with E-state index in [9.17, 15) is 19.5 Å². The number of ether oxygens (including phenoxy) is 2. The Kier molecular flexibility index (Phi) is 10.8. The van der Waals surface area contributed by atoms with E-state index in [2.05, 4.69) is 27.0 Å². The van der Waals surface area contributed by atoms with Crippen molar-refractivity contribution in [2.75, 3.05) is 6.54 Å². The minimum atomic E-state index is -1.21. The molecular formula is C35H35N3O6S. The maximum atomic E-state index is 13.2. The molecule has 3 aromatic rings. The molecule has 1 amide bonds. The van der Waals surface area contributed by atoms with Crippen LogP contribution < -0.4 is 14.8 Å². The number of fused-ring (bicyclic) bond motifs is 6. The fourth-order valence-corrected chi connectivity index (χ4v) is 5.96. The number of phenolic OH excluding ortho intramolecular Hbond substituents is 1. The third kappa shape index (κ3) is 7.49. The van der Waals surface area contributed by atoms with Crippen LogP contribution in [0.1, 0.15) is 84.8 Å². The van der Waals surface area contributed by atoms with Gasteiger partial charge in [-0.1, -0.05) is 62.8 Å². The SMILES string of the molecule is O=CCCCCCCCCCCNC(=O)C#CNSC=Nc1ccc2c(c1)C(=O)OC21c2ccccc2Oc2cc(O)ccc21. The van der Waals surface area contributed by atoms with Gasteiger partial charge >= 0.3 is 5.97 Å². The van der Waals surface area contributed by atoms with Crippen molar-refractivity contribution in [2.45, 2.75) is 63.4 Å². The lowest BCUT2D eigenvalue weighted by Gasteiger charge is -2.36. The number of unbranched alkanes of at least 4 members (excludes halogenated alkanes) is 8. The number of aromatic hydroxyl groups is 1. The number of aldehydes is 1. The highest BCUT2D eigenvalue weighted by atomic mass is 32.2. The van der Waals surface area contributed by atoms with Crippen LogP contribution in [0.4, 0.5) is 5.69 Å². The van der Waals surface area contributed by atoms with Crippen molar-refractivity contribution in [2.24, 2.45) is 4.99 Å². The monoisotopic (exact) mass is 625 g/mol. The van der Waals surface area contributed by atoms with E-state index in [0.717, 1.165) is 50.3 Å². The Morgan fingerprint density at radius 3 is 2.47 bits per heavy atom. The maximum Gasteiger partial charge on any atom is 0.340 e. The van der Waals surface area contributed by atoms with Gasteiger partial charge in [-0.3, -0.25) is 9.52 Å². The number of amides is 1. The number of aliphatic imine (C=N–C) groups is 1. The Labute approximate surface area is 266 Å². The summed E-state index contributed by atoms with van der Waals surface area (Å²) in [4.78, 5) is 39.9. The highest BCUT2D eigenvalue weighted by Gasteiger charge is 2.53. The summed E-state index contributed by atoms with van der Waals surface area (Å²) in [5, 5.41) is 12.9. The van der Waals surface area contributed by atoms with Crippen LogP contribution in [0.2, 0.25) is 0 Å². The first kappa shape index (κ1) is 31.7. The van der Waals surface area contributed by atoms with Gasteiger partial charge in [-0.25, -0.2) is 9.79 Å². The highest BCUT2D eigenvalue weighted by molar-refractivity contribution is 8.10. The van der Waals surface area contributed by atoms with E-state index in [-0.39, 0.29) is 11.7 Å². The van der Waals surface area contributed by atoms with Gasteiger partial charge in [0, 0.05) is 59.6 Å². The molecule has 0 radical (unpaired) electrons. The van der Waals surface area contributed by atoms with Gasteiger partial charge < -0.3 is 24.7 Å². The number of phenols is 1. The van der Waals surface area contributed by atoms with Crippen LogP contribution in [-0.4, -0.2) is 35.4 Å². The van der Waals surface area contributed by atoms with E-state index >= 15 is 0 Å². The fourth-order valence-electron chi connectivity index (χ4n) is 5.62. The molecule has 0 bridgehead atoms. The molecule has 1 atom stereocenters. The number of rotatable bonds is 14. The van der Waals surface area contributed by atoms with Crippen LogP contribution in [-0.2, 0) is 19.9 Å². The molecule has 232 valence electrons. The van der Waals surface area contributed by atoms with Gasteiger partial charge in [0.1, 0.15) is 23.5 Å². The topological polar surface area (TPSA) is 126 Å². The number of hydrogen-bond donors (Lipinski definition) is 3. The maximum absolute atomic E-state index is 13.2. The van der Waals surface area contributed by atoms with Gasteiger partial charge in [-0.2, -0.15) is 0 Å². The number of carbonyl (C=O) groups is 3. The molecule has 3 N–H and O–H groups in total. The van der Waals surface area contributed by atoms with Gasteiger partial charge in [0.15, 0.2) is 5.60 Å². The molecule has 0 saturated heterocycles. The van der Waals surface area contributed by atoms with Crippen molar-refractivity contribution in [1.82, 2.24) is 10.0 Å².